The van der Waals surface area contributed by atoms with Crippen LogP contribution in [-0.2, 0) is 31.9 Å². The predicted molar refractivity (Wildman–Crippen MR) is 99.9 cm³/mol. The third-order valence-electron chi connectivity index (χ3n) is 4.85. The third-order valence-corrected chi connectivity index (χ3v) is 4.85. The Labute approximate surface area is 152 Å². The second-order valence-electron chi connectivity index (χ2n) is 6.70. The standard InChI is InChI=1S/C19H22N6O/c1-13(26)25-8-7-18-17(12-25)19(22-24(18)3)21-16-6-4-5-14(9-16)15-10-20-23(2)11-15/h4-6,9-11H,7-8,12H2,1-3H3,(H,21,22). The molecule has 0 unspecified atom stereocenters. The van der Waals surface area contributed by atoms with Crippen LogP contribution in [0, 0.1) is 0 Å². The maximum atomic E-state index is 11.8. The normalized spacial score (nSPS) is 13.6. The van der Waals surface area contributed by atoms with Gasteiger partial charge in [-0.2, -0.15) is 10.2 Å². The fraction of sp³-hybridized carbons (Fsp3) is 0.316. The summed E-state index contributed by atoms with van der Waals surface area (Å²) in [5.74, 6) is 0.917. The zero-order valence-corrected chi connectivity index (χ0v) is 15.2. The number of nitrogens with one attached hydrogen (secondary N) is 1. The molecule has 7 nitrogen and oxygen atoms in total. The van der Waals surface area contributed by atoms with E-state index in [1.54, 1.807) is 11.6 Å². The number of fused-ring (bicyclic) bond motifs is 1. The van der Waals surface area contributed by atoms with E-state index in [0.717, 1.165) is 41.2 Å². The molecule has 7 heteroatoms. The van der Waals surface area contributed by atoms with Crippen LogP contribution >= 0.6 is 0 Å². The van der Waals surface area contributed by atoms with Crippen molar-refractivity contribution in [3.05, 3.63) is 47.9 Å². The number of hydrogen-bond acceptors (Lipinski definition) is 4. The lowest BCUT2D eigenvalue weighted by molar-refractivity contribution is -0.129. The van der Waals surface area contributed by atoms with Crippen molar-refractivity contribution in [3.63, 3.8) is 0 Å². The van der Waals surface area contributed by atoms with E-state index in [2.05, 4.69) is 27.6 Å². The first kappa shape index (κ1) is 16.4. The second kappa shape index (κ2) is 6.33. The highest BCUT2D eigenvalue weighted by molar-refractivity contribution is 5.75. The van der Waals surface area contributed by atoms with Gasteiger partial charge in [-0.25, -0.2) is 0 Å². The molecule has 3 aromatic rings. The van der Waals surface area contributed by atoms with Gasteiger partial charge in [-0.15, -0.1) is 0 Å². The van der Waals surface area contributed by atoms with E-state index in [4.69, 9.17) is 0 Å². The summed E-state index contributed by atoms with van der Waals surface area (Å²) >= 11 is 0. The van der Waals surface area contributed by atoms with Crippen molar-refractivity contribution in [1.29, 1.82) is 0 Å². The summed E-state index contributed by atoms with van der Waals surface area (Å²) in [5.41, 5.74) is 5.42. The minimum absolute atomic E-state index is 0.101. The number of hydrogen-bond donors (Lipinski definition) is 1. The average Bonchev–Trinajstić information content (AvgIpc) is 3.19. The maximum Gasteiger partial charge on any atom is 0.219 e. The first-order valence-electron chi connectivity index (χ1n) is 8.67. The molecule has 1 aliphatic rings. The number of carbonyl (C=O) groups excluding carboxylic acids is 1. The zero-order chi connectivity index (χ0) is 18.3. The molecule has 0 spiro atoms. The SMILES string of the molecule is CC(=O)N1CCc2c(c(Nc3cccc(-c4cnn(C)c4)c3)nn2C)C1. The van der Waals surface area contributed by atoms with Crippen LogP contribution in [0.1, 0.15) is 18.2 Å². The highest BCUT2D eigenvalue weighted by Gasteiger charge is 2.25. The molecule has 26 heavy (non-hydrogen) atoms. The molecule has 0 saturated heterocycles. The van der Waals surface area contributed by atoms with Crippen LogP contribution in [-0.4, -0.2) is 36.9 Å². The van der Waals surface area contributed by atoms with Gasteiger partial charge in [0.25, 0.3) is 0 Å². The van der Waals surface area contributed by atoms with Crippen LogP contribution in [0.4, 0.5) is 11.5 Å². The number of carbonyl (C=O) groups is 1. The number of amides is 1. The predicted octanol–water partition coefficient (Wildman–Crippen LogP) is 2.47. The Morgan fingerprint density at radius 2 is 2.08 bits per heavy atom. The molecule has 1 amide bonds. The molecule has 0 atom stereocenters. The van der Waals surface area contributed by atoms with E-state index in [0.29, 0.717) is 6.54 Å². The molecule has 134 valence electrons. The molecule has 4 rings (SSSR count). The van der Waals surface area contributed by atoms with Crippen molar-refractivity contribution in [2.75, 3.05) is 11.9 Å². The van der Waals surface area contributed by atoms with Crippen LogP contribution in [0.15, 0.2) is 36.7 Å². The number of benzene rings is 1. The molecule has 1 aliphatic heterocycles. The summed E-state index contributed by atoms with van der Waals surface area (Å²) < 4.78 is 3.71. The molecule has 0 radical (unpaired) electrons. The van der Waals surface area contributed by atoms with Crippen molar-refractivity contribution in [3.8, 4) is 11.1 Å². The highest BCUT2D eigenvalue weighted by atomic mass is 16.2. The second-order valence-corrected chi connectivity index (χ2v) is 6.70. The van der Waals surface area contributed by atoms with Crippen LogP contribution in [0.5, 0.6) is 0 Å². The van der Waals surface area contributed by atoms with Gasteiger partial charge in [0, 0.05) is 62.7 Å². The number of aromatic nitrogens is 4. The van der Waals surface area contributed by atoms with Gasteiger partial charge < -0.3 is 10.2 Å². The summed E-state index contributed by atoms with van der Waals surface area (Å²) in [4.78, 5) is 13.6. The van der Waals surface area contributed by atoms with Gasteiger partial charge in [0.2, 0.25) is 5.91 Å². The average molecular weight is 350 g/mol. The molecule has 0 fully saturated rings. The Morgan fingerprint density at radius 1 is 1.23 bits per heavy atom. The topological polar surface area (TPSA) is 68.0 Å². The number of anilines is 2. The van der Waals surface area contributed by atoms with Crippen molar-refractivity contribution in [1.82, 2.24) is 24.5 Å². The summed E-state index contributed by atoms with van der Waals surface area (Å²) in [5, 5.41) is 12.3. The number of nitrogens with zero attached hydrogens (tertiary/aromatic N) is 5. The van der Waals surface area contributed by atoms with E-state index >= 15 is 0 Å². The molecular weight excluding hydrogens is 328 g/mol. The number of aryl methyl sites for hydroxylation is 2. The largest absolute Gasteiger partial charge is 0.338 e. The summed E-state index contributed by atoms with van der Waals surface area (Å²) in [7, 11) is 3.87. The Kier molecular flexibility index (Phi) is 3.99. The fourth-order valence-corrected chi connectivity index (χ4v) is 3.45. The van der Waals surface area contributed by atoms with Crippen LogP contribution in [0.3, 0.4) is 0 Å². The quantitative estimate of drug-likeness (QED) is 0.788. The van der Waals surface area contributed by atoms with Crippen LogP contribution in [0.25, 0.3) is 11.1 Å². The third kappa shape index (κ3) is 2.96. The van der Waals surface area contributed by atoms with Gasteiger partial charge in [0.15, 0.2) is 5.82 Å². The first-order valence-corrected chi connectivity index (χ1v) is 8.67. The van der Waals surface area contributed by atoms with E-state index in [9.17, 15) is 4.79 Å². The zero-order valence-electron chi connectivity index (χ0n) is 15.2. The van der Waals surface area contributed by atoms with E-state index in [-0.39, 0.29) is 5.91 Å². The van der Waals surface area contributed by atoms with Crippen molar-refractivity contribution >= 4 is 17.4 Å². The monoisotopic (exact) mass is 350 g/mol. The van der Waals surface area contributed by atoms with Gasteiger partial charge in [-0.1, -0.05) is 12.1 Å². The van der Waals surface area contributed by atoms with Gasteiger partial charge in [0.05, 0.1) is 12.7 Å². The lowest BCUT2D eigenvalue weighted by Crippen LogP contribution is -2.34. The minimum Gasteiger partial charge on any atom is -0.338 e. The Balaban J connectivity index is 1.63. The van der Waals surface area contributed by atoms with Gasteiger partial charge in [-0.05, 0) is 17.7 Å². The summed E-state index contributed by atoms with van der Waals surface area (Å²) in [6, 6.07) is 8.19. The Morgan fingerprint density at radius 3 is 2.81 bits per heavy atom. The lowest BCUT2D eigenvalue weighted by atomic mass is 10.1. The minimum atomic E-state index is 0.101. The molecule has 2 aromatic heterocycles. The van der Waals surface area contributed by atoms with E-state index in [1.807, 2.05) is 48.2 Å². The van der Waals surface area contributed by atoms with Crippen LogP contribution in [0.2, 0.25) is 0 Å². The molecule has 0 saturated carbocycles. The molecule has 0 bridgehead atoms. The molecule has 1 N–H and O–H groups in total. The summed E-state index contributed by atoms with van der Waals surface area (Å²) in [6.45, 7) is 2.97. The molecule has 3 heterocycles. The van der Waals surface area contributed by atoms with Gasteiger partial charge >= 0.3 is 0 Å². The van der Waals surface area contributed by atoms with E-state index < -0.39 is 0 Å². The van der Waals surface area contributed by atoms with Crippen molar-refractivity contribution < 1.29 is 4.79 Å². The van der Waals surface area contributed by atoms with Crippen molar-refractivity contribution in [2.24, 2.45) is 14.1 Å². The maximum absolute atomic E-state index is 11.8. The smallest absolute Gasteiger partial charge is 0.219 e. The molecule has 0 aliphatic carbocycles. The Bertz CT molecular complexity index is 970. The van der Waals surface area contributed by atoms with Gasteiger partial charge in [0.1, 0.15) is 0 Å². The first-order chi connectivity index (χ1) is 12.5. The van der Waals surface area contributed by atoms with E-state index in [1.165, 1.54) is 5.69 Å². The fourth-order valence-electron chi connectivity index (χ4n) is 3.45. The molecular formula is C19H22N6O. The lowest BCUT2D eigenvalue weighted by Gasteiger charge is -2.26. The highest BCUT2D eigenvalue weighted by Crippen LogP contribution is 2.29. The number of rotatable bonds is 3. The summed E-state index contributed by atoms with van der Waals surface area (Å²) in [6.07, 6.45) is 4.68. The van der Waals surface area contributed by atoms with Gasteiger partial charge in [-0.3, -0.25) is 14.2 Å². The van der Waals surface area contributed by atoms with Crippen LogP contribution < -0.4 is 5.32 Å². The van der Waals surface area contributed by atoms with Crippen molar-refractivity contribution in [2.45, 2.75) is 19.9 Å². The molecule has 1 aromatic carbocycles. The Hall–Kier alpha value is -3.09.